The molecule has 0 saturated heterocycles. The van der Waals surface area contributed by atoms with Crippen LogP contribution in [0.25, 0.3) is 0 Å². The van der Waals surface area contributed by atoms with Crippen molar-refractivity contribution in [2.45, 2.75) is 13.5 Å². The van der Waals surface area contributed by atoms with E-state index in [0.29, 0.717) is 23.6 Å². The molecule has 2 aromatic rings. The lowest BCUT2D eigenvalue weighted by molar-refractivity contribution is -0.137. The van der Waals surface area contributed by atoms with E-state index in [-0.39, 0.29) is 12.5 Å². The number of aliphatic carboxylic acids is 1. The van der Waals surface area contributed by atoms with Gasteiger partial charge in [0.2, 0.25) is 0 Å². The first-order valence-electron chi connectivity index (χ1n) is 6.37. The van der Waals surface area contributed by atoms with Crippen LogP contribution in [0.4, 0.5) is 5.69 Å². The number of aromatic nitrogens is 2. The fourth-order valence-electron chi connectivity index (χ4n) is 1.79. The molecule has 0 radical (unpaired) electrons. The number of carboxylic acid groups (broad SMARTS) is 1. The molecular formula is C14H15N3O4. The maximum atomic E-state index is 12.2. The second-order valence-electron chi connectivity index (χ2n) is 4.20. The number of carboxylic acids is 1. The van der Waals surface area contributed by atoms with E-state index in [4.69, 9.17) is 9.84 Å². The molecule has 7 nitrogen and oxygen atoms in total. The maximum absolute atomic E-state index is 12.2. The number of amides is 1. The molecular weight excluding hydrogens is 274 g/mol. The summed E-state index contributed by atoms with van der Waals surface area (Å²) < 4.78 is 6.62. The predicted molar refractivity (Wildman–Crippen MR) is 75.4 cm³/mol. The van der Waals surface area contributed by atoms with Gasteiger partial charge in [-0.25, -0.2) is 0 Å². The van der Waals surface area contributed by atoms with Crippen LogP contribution in [0.3, 0.4) is 0 Å². The summed E-state index contributed by atoms with van der Waals surface area (Å²) in [5, 5.41) is 15.2. The van der Waals surface area contributed by atoms with Crippen LogP contribution >= 0.6 is 0 Å². The van der Waals surface area contributed by atoms with Crippen LogP contribution in [0.15, 0.2) is 36.7 Å². The van der Waals surface area contributed by atoms with Gasteiger partial charge in [0.1, 0.15) is 12.3 Å². The highest BCUT2D eigenvalue weighted by atomic mass is 16.5. The fraction of sp³-hybridized carbons (Fsp3) is 0.214. The average Bonchev–Trinajstić information content (AvgIpc) is 2.86. The van der Waals surface area contributed by atoms with Crippen LogP contribution in [0, 0.1) is 0 Å². The Labute approximate surface area is 121 Å². The van der Waals surface area contributed by atoms with E-state index in [1.165, 1.54) is 17.1 Å². The number of hydrogen-bond donors (Lipinski definition) is 2. The van der Waals surface area contributed by atoms with Crippen LogP contribution in [0.1, 0.15) is 17.3 Å². The molecule has 0 atom stereocenters. The van der Waals surface area contributed by atoms with Crippen molar-refractivity contribution in [2.24, 2.45) is 0 Å². The average molecular weight is 289 g/mol. The number of anilines is 1. The summed E-state index contributed by atoms with van der Waals surface area (Å²) in [6, 6.07) is 6.90. The molecule has 0 bridgehead atoms. The molecule has 1 amide bonds. The second-order valence-corrected chi connectivity index (χ2v) is 4.20. The lowest BCUT2D eigenvalue weighted by Gasteiger charge is -2.09. The number of nitrogens with one attached hydrogen (secondary N) is 1. The van der Waals surface area contributed by atoms with E-state index in [9.17, 15) is 9.59 Å². The zero-order chi connectivity index (χ0) is 15.2. The smallest absolute Gasteiger partial charge is 0.325 e. The Morgan fingerprint density at radius 1 is 1.38 bits per heavy atom. The van der Waals surface area contributed by atoms with Gasteiger partial charge in [0, 0.05) is 6.20 Å². The summed E-state index contributed by atoms with van der Waals surface area (Å²) in [5.74, 6) is -0.845. The first-order valence-corrected chi connectivity index (χ1v) is 6.37. The first kappa shape index (κ1) is 14.6. The van der Waals surface area contributed by atoms with Crippen LogP contribution in [-0.4, -0.2) is 33.4 Å². The quantitative estimate of drug-likeness (QED) is 0.842. The number of rotatable bonds is 6. The third kappa shape index (κ3) is 3.82. The largest absolute Gasteiger partial charge is 0.493 e. The molecule has 0 aliphatic rings. The molecule has 0 aliphatic carbocycles. The molecule has 21 heavy (non-hydrogen) atoms. The van der Waals surface area contributed by atoms with Gasteiger partial charge in [-0.3, -0.25) is 14.3 Å². The summed E-state index contributed by atoms with van der Waals surface area (Å²) in [6.45, 7) is 2.04. The number of benzene rings is 1. The predicted octanol–water partition coefficient (Wildman–Crippen LogP) is 1.62. The maximum Gasteiger partial charge on any atom is 0.325 e. The Kier molecular flexibility index (Phi) is 4.55. The van der Waals surface area contributed by atoms with E-state index < -0.39 is 5.97 Å². The van der Waals surface area contributed by atoms with Gasteiger partial charge in [-0.1, -0.05) is 12.1 Å². The molecule has 2 N–H and O–H groups in total. The lowest BCUT2D eigenvalue weighted by Crippen LogP contribution is -2.13. The molecule has 1 heterocycles. The third-order valence-corrected chi connectivity index (χ3v) is 2.62. The normalized spacial score (nSPS) is 10.1. The van der Waals surface area contributed by atoms with Gasteiger partial charge in [0.05, 0.1) is 24.1 Å². The molecule has 0 fully saturated rings. The summed E-state index contributed by atoms with van der Waals surface area (Å²) >= 11 is 0. The molecule has 0 unspecified atom stereocenters. The number of carbonyl (C=O) groups excluding carboxylic acids is 1. The Balaban J connectivity index is 2.11. The third-order valence-electron chi connectivity index (χ3n) is 2.62. The van der Waals surface area contributed by atoms with Gasteiger partial charge in [-0.15, -0.1) is 0 Å². The lowest BCUT2D eigenvalue weighted by atomic mass is 10.2. The SMILES string of the molecule is CCOc1ccccc1C(=O)Nc1cnn(CC(=O)O)c1. The van der Waals surface area contributed by atoms with Gasteiger partial charge < -0.3 is 15.2 Å². The molecule has 0 aliphatic heterocycles. The van der Waals surface area contributed by atoms with Crippen LogP contribution in [0.2, 0.25) is 0 Å². The molecule has 1 aromatic carbocycles. The topological polar surface area (TPSA) is 93.5 Å². The highest BCUT2D eigenvalue weighted by Crippen LogP contribution is 2.19. The Morgan fingerprint density at radius 3 is 2.86 bits per heavy atom. The molecule has 0 saturated carbocycles. The summed E-state index contributed by atoms with van der Waals surface area (Å²) in [4.78, 5) is 22.8. The van der Waals surface area contributed by atoms with Crippen molar-refractivity contribution in [1.29, 1.82) is 0 Å². The summed E-state index contributed by atoms with van der Waals surface area (Å²) in [6.07, 6.45) is 2.85. The van der Waals surface area contributed by atoms with Gasteiger partial charge in [-0.05, 0) is 19.1 Å². The van der Waals surface area contributed by atoms with Crippen LogP contribution in [-0.2, 0) is 11.3 Å². The number of hydrogen-bond acceptors (Lipinski definition) is 4. The summed E-state index contributed by atoms with van der Waals surface area (Å²) in [7, 11) is 0. The van der Waals surface area contributed by atoms with Crippen molar-refractivity contribution in [3.8, 4) is 5.75 Å². The van der Waals surface area contributed by atoms with E-state index in [0.717, 1.165) is 0 Å². The van der Waals surface area contributed by atoms with Crippen molar-refractivity contribution in [1.82, 2.24) is 9.78 Å². The van der Waals surface area contributed by atoms with Crippen molar-refractivity contribution in [3.05, 3.63) is 42.2 Å². The zero-order valence-corrected chi connectivity index (χ0v) is 11.4. The number of para-hydroxylation sites is 1. The minimum atomic E-state index is -1.00. The minimum Gasteiger partial charge on any atom is -0.493 e. The number of ether oxygens (including phenoxy) is 1. The molecule has 7 heteroatoms. The number of nitrogens with zero attached hydrogens (tertiary/aromatic N) is 2. The zero-order valence-electron chi connectivity index (χ0n) is 11.4. The Hall–Kier alpha value is -2.83. The minimum absolute atomic E-state index is 0.259. The van der Waals surface area contributed by atoms with Gasteiger partial charge in [0.15, 0.2) is 0 Å². The van der Waals surface area contributed by atoms with Crippen molar-refractivity contribution < 1.29 is 19.4 Å². The van der Waals surface area contributed by atoms with Crippen LogP contribution < -0.4 is 10.1 Å². The van der Waals surface area contributed by atoms with E-state index in [1.54, 1.807) is 24.3 Å². The van der Waals surface area contributed by atoms with Crippen LogP contribution in [0.5, 0.6) is 5.75 Å². The molecule has 1 aromatic heterocycles. The second kappa shape index (κ2) is 6.56. The Bertz CT molecular complexity index is 651. The van der Waals surface area contributed by atoms with Crippen molar-refractivity contribution in [3.63, 3.8) is 0 Å². The molecule has 110 valence electrons. The monoisotopic (exact) mass is 289 g/mol. The van der Waals surface area contributed by atoms with Crippen molar-refractivity contribution >= 4 is 17.6 Å². The molecule has 2 rings (SSSR count). The summed E-state index contributed by atoms with van der Waals surface area (Å²) in [5.41, 5.74) is 0.831. The highest BCUT2D eigenvalue weighted by Gasteiger charge is 2.13. The van der Waals surface area contributed by atoms with E-state index in [2.05, 4.69) is 10.4 Å². The number of carbonyl (C=O) groups is 2. The van der Waals surface area contributed by atoms with E-state index >= 15 is 0 Å². The first-order chi connectivity index (χ1) is 10.1. The highest BCUT2D eigenvalue weighted by molar-refractivity contribution is 6.06. The van der Waals surface area contributed by atoms with Gasteiger partial charge >= 0.3 is 5.97 Å². The van der Waals surface area contributed by atoms with Crippen molar-refractivity contribution in [2.75, 3.05) is 11.9 Å². The van der Waals surface area contributed by atoms with Gasteiger partial charge in [-0.2, -0.15) is 5.10 Å². The Morgan fingerprint density at radius 2 is 2.14 bits per heavy atom. The van der Waals surface area contributed by atoms with Gasteiger partial charge in [0.25, 0.3) is 5.91 Å². The standard InChI is InChI=1S/C14H15N3O4/c1-2-21-12-6-4-3-5-11(12)14(20)16-10-7-15-17(8-10)9-13(18)19/h3-8H,2,9H2,1H3,(H,16,20)(H,18,19). The van der Waals surface area contributed by atoms with E-state index in [1.807, 2.05) is 6.92 Å². The molecule has 0 spiro atoms. The fourth-order valence-corrected chi connectivity index (χ4v) is 1.79.